The molecular formula is C22H29F2N3O2. The molecule has 158 valence electrons. The number of halogens is 2. The predicted octanol–water partition coefficient (Wildman–Crippen LogP) is 2.79. The summed E-state index contributed by atoms with van der Waals surface area (Å²) in [7, 11) is 0. The number of benzene rings is 1. The SMILES string of the molecule is O=C1CCCCN1CC(=O)N1CCC2(CCCN(Cc3cccc(F)c3F)C2)C1. The van der Waals surface area contributed by atoms with Gasteiger partial charge in [-0.3, -0.25) is 14.5 Å². The van der Waals surface area contributed by atoms with Crippen LogP contribution in [0.5, 0.6) is 0 Å². The van der Waals surface area contributed by atoms with E-state index in [1.807, 2.05) is 4.90 Å². The molecule has 5 nitrogen and oxygen atoms in total. The molecule has 3 fully saturated rings. The van der Waals surface area contributed by atoms with Crippen molar-refractivity contribution in [3.05, 3.63) is 35.4 Å². The normalized spacial score (nSPS) is 25.8. The number of hydrogen-bond donors (Lipinski definition) is 0. The largest absolute Gasteiger partial charge is 0.341 e. The predicted molar refractivity (Wildman–Crippen MR) is 105 cm³/mol. The number of rotatable bonds is 4. The molecule has 1 aromatic carbocycles. The lowest BCUT2D eigenvalue weighted by Crippen LogP contribution is -2.47. The Morgan fingerprint density at radius 2 is 1.90 bits per heavy atom. The molecule has 0 N–H and O–H groups in total. The monoisotopic (exact) mass is 405 g/mol. The molecule has 3 aliphatic heterocycles. The van der Waals surface area contributed by atoms with Gasteiger partial charge >= 0.3 is 0 Å². The van der Waals surface area contributed by atoms with E-state index in [4.69, 9.17) is 0 Å². The summed E-state index contributed by atoms with van der Waals surface area (Å²) >= 11 is 0. The van der Waals surface area contributed by atoms with Crippen molar-refractivity contribution in [3.8, 4) is 0 Å². The van der Waals surface area contributed by atoms with E-state index in [-0.39, 0.29) is 23.8 Å². The molecule has 1 atom stereocenters. The first-order valence-corrected chi connectivity index (χ1v) is 10.7. The molecule has 0 aliphatic carbocycles. The van der Waals surface area contributed by atoms with E-state index in [9.17, 15) is 18.4 Å². The van der Waals surface area contributed by atoms with Gasteiger partial charge in [0.2, 0.25) is 11.8 Å². The maximum Gasteiger partial charge on any atom is 0.242 e. The molecule has 0 bridgehead atoms. The van der Waals surface area contributed by atoms with Gasteiger partial charge < -0.3 is 9.80 Å². The fourth-order valence-electron chi connectivity index (χ4n) is 5.13. The third-order valence-corrected chi connectivity index (χ3v) is 6.70. The van der Waals surface area contributed by atoms with Crippen LogP contribution in [0.4, 0.5) is 8.78 Å². The number of likely N-dealkylation sites (tertiary alicyclic amines) is 3. The van der Waals surface area contributed by atoms with E-state index in [0.717, 1.165) is 51.3 Å². The van der Waals surface area contributed by atoms with E-state index in [1.54, 1.807) is 17.0 Å². The maximum absolute atomic E-state index is 14.1. The van der Waals surface area contributed by atoms with Crippen LogP contribution >= 0.6 is 0 Å². The van der Waals surface area contributed by atoms with Crippen LogP contribution in [0.15, 0.2) is 18.2 Å². The standard InChI is InChI=1S/C22H29F2N3O2/c23-18-6-3-5-17(21(18)24)13-25-10-4-8-22(15-25)9-12-27(16-22)20(29)14-26-11-2-1-7-19(26)28/h3,5-6H,1-2,4,7-16H2. The fraction of sp³-hybridized carbons (Fsp3) is 0.636. The first-order valence-electron chi connectivity index (χ1n) is 10.7. The summed E-state index contributed by atoms with van der Waals surface area (Å²) in [4.78, 5) is 30.5. The highest BCUT2D eigenvalue weighted by molar-refractivity contribution is 5.85. The molecular weight excluding hydrogens is 376 g/mol. The lowest BCUT2D eigenvalue weighted by Gasteiger charge is -2.40. The first kappa shape index (κ1) is 20.3. The van der Waals surface area contributed by atoms with E-state index < -0.39 is 11.6 Å². The van der Waals surface area contributed by atoms with Crippen molar-refractivity contribution in [2.75, 3.05) is 39.3 Å². The molecule has 3 saturated heterocycles. The maximum atomic E-state index is 14.1. The van der Waals surface area contributed by atoms with Gasteiger partial charge in [-0.1, -0.05) is 12.1 Å². The number of nitrogens with zero attached hydrogens (tertiary/aromatic N) is 3. The Balaban J connectivity index is 1.36. The molecule has 1 aromatic rings. The lowest BCUT2D eigenvalue weighted by molar-refractivity contribution is -0.141. The number of amides is 2. The highest BCUT2D eigenvalue weighted by Gasteiger charge is 2.43. The molecule has 29 heavy (non-hydrogen) atoms. The lowest BCUT2D eigenvalue weighted by atomic mass is 9.79. The molecule has 0 aromatic heterocycles. The van der Waals surface area contributed by atoms with Gasteiger partial charge in [-0.25, -0.2) is 8.78 Å². The smallest absolute Gasteiger partial charge is 0.242 e. The number of hydrogen-bond acceptors (Lipinski definition) is 3. The Labute approximate surface area is 170 Å². The van der Waals surface area contributed by atoms with Crippen molar-refractivity contribution < 1.29 is 18.4 Å². The summed E-state index contributed by atoms with van der Waals surface area (Å²) < 4.78 is 27.6. The average Bonchev–Trinajstić information content (AvgIpc) is 3.10. The van der Waals surface area contributed by atoms with Crippen molar-refractivity contribution in [3.63, 3.8) is 0 Å². The molecule has 7 heteroatoms. The van der Waals surface area contributed by atoms with Crippen molar-refractivity contribution in [1.29, 1.82) is 0 Å². The van der Waals surface area contributed by atoms with E-state index >= 15 is 0 Å². The summed E-state index contributed by atoms with van der Waals surface area (Å²) in [5.74, 6) is -1.45. The van der Waals surface area contributed by atoms with Gasteiger partial charge in [0.25, 0.3) is 0 Å². The summed E-state index contributed by atoms with van der Waals surface area (Å²) in [5.41, 5.74) is 0.403. The van der Waals surface area contributed by atoms with Crippen molar-refractivity contribution in [2.24, 2.45) is 5.41 Å². The van der Waals surface area contributed by atoms with Crippen LogP contribution in [0, 0.1) is 17.0 Å². The van der Waals surface area contributed by atoms with E-state index in [1.165, 1.54) is 0 Å². The topological polar surface area (TPSA) is 43.9 Å². The first-order chi connectivity index (χ1) is 14.0. The van der Waals surface area contributed by atoms with Gasteiger partial charge in [0.05, 0.1) is 6.54 Å². The van der Waals surface area contributed by atoms with Crippen LogP contribution in [0.1, 0.15) is 44.1 Å². The van der Waals surface area contributed by atoms with Crippen molar-refractivity contribution >= 4 is 11.8 Å². The molecule has 4 rings (SSSR count). The highest BCUT2D eigenvalue weighted by atomic mass is 19.2. The van der Waals surface area contributed by atoms with Crippen LogP contribution < -0.4 is 0 Å². The zero-order chi connectivity index (χ0) is 20.4. The van der Waals surface area contributed by atoms with E-state index in [0.29, 0.717) is 38.2 Å². The summed E-state index contributed by atoms with van der Waals surface area (Å²) in [6.07, 6.45) is 5.38. The van der Waals surface area contributed by atoms with Gasteiger partial charge in [-0.2, -0.15) is 0 Å². The highest BCUT2D eigenvalue weighted by Crippen LogP contribution is 2.39. The van der Waals surface area contributed by atoms with Gasteiger partial charge in [0, 0.05) is 50.1 Å². The number of piperidine rings is 2. The Hall–Kier alpha value is -2.02. The molecule has 1 unspecified atom stereocenters. The third kappa shape index (κ3) is 4.44. The van der Waals surface area contributed by atoms with Crippen molar-refractivity contribution in [1.82, 2.24) is 14.7 Å². The minimum Gasteiger partial charge on any atom is -0.341 e. The second-order valence-corrected chi connectivity index (χ2v) is 8.86. The van der Waals surface area contributed by atoms with Crippen LogP contribution in [0.25, 0.3) is 0 Å². The Morgan fingerprint density at radius 3 is 2.72 bits per heavy atom. The van der Waals surface area contributed by atoms with Crippen molar-refractivity contribution in [2.45, 2.75) is 45.1 Å². The van der Waals surface area contributed by atoms with Crippen LogP contribution in [-0.2, 0) is 16.1 Å². The van der Waals surface area contributed by atoms with Gasteiger partial charge in [0.1, 0.15) is 0 Å². The minimum absolute atomic E-state index is 0.0175. The Morgan fingerprint density at radius 1 is 1.03 bits per heavy atom. The Bertz CT molecular complexity index is 787. The molecule has 3 heterocycles. The van der Waals surface area contributed by atoms with Gasteiger partial charge in [0.15, 0.2) is 11.6 Å². The molecule has 1 spiro atoms. The van der Waals surface area contributed by atoms with Gasteiger partial charge in [-0.15, -0.1) is 0 Å². The number of carbonyl (C=O) groups is 2. The zero-order valence-electron chi connectivity index (χ0n) is 16.8. The average molecular weight is 405 g/mol. The quantitative estimate of drug-likeness (QED) is 0.774. The minimum atomic E-state index is -0.806. The van der Waals surface area contributed by atoms with E-state index in [2.05, 4.69) is 4.90 Å². The van der Waals surface area contributed by atoms with Gasteiger partial charge in [-0.05, 0) is 44.7 Å². The second-order valence-electron chi connectivity index (χ2n) is 8.86. The van der Waals surface area contributed by atoms with Crippen LogP contribution in [0.2, 0.25) is 0 Å². The Kier molecular flexibility index (Phi) is 5.86. The summed E-state index contributed by atoms with van der Waals surface area (Å²) in [6.45, 7) is 4.30. The summed E-state index contributed by atoms with van der Waals surface area (Å²) in [5, 5.41) is 0. The number of carbonyl (C=O) groups excluding carboxylic acids is 2. The third-order valence-electron chi connectivity index (χ3n) is 6.70. The second kappa shape index (κ2) is 8.38. The molecule has 0 saturated carbocycles. The van der Waals surface area contributed by atoms with Crippen LogP contribution in [0.3, 0.4) is 0 Å². The summed E-state index contributed by atoms with van der Waals surface area (Å²) in [6, 6.07) is 4.33. The zero-order valence-corrected chi connectivity index (χ0v) is 16.8. The molecule has 0 radical (unpaired) electrons. The van der Waals surface area contributed by atoms with Crippen LogP contribution in [-0.4, -0.2) is 65.8 Å². The molecule has 2 amide bonds. The fourth-order valence-corrected chi connectivity index (χ4v) is 5.13. The molecule has 3 aliphatic rings.